The van der Waals surface area contributed by atoms with Gasteiger partial charge in [-0.15, -0.1) is 0 Å². The number of fused-ring (bicyclic) bond motifs is 3. The number of likely N-dealkylation sites (tertiary alicyclic amines) is 1. The molecule has 2 aliphatic rings. The second-order valence-electron chi connectivity index (χ2n) is 8.32. The summed E-state index contributed by atoms with van der Waals surface area (Å²) >= 11 is 0. The van der Waals surface area contributed by atoms with Crippen LogP contribution in [0.25, 0.3) is 22.1 Å². The van der Waals surface area contributed by atoms with Gasteiger partial charge in [-0.2, -0.15) is 0 Å². The Morgan fingerprint density at radius 2 is 2.13 bits per heavy atom. The number of sulfonamides is 1. The molecule has 0 spiro atoms. The van der Waals surface area contributed by atoms with E-state index in [1.807, 2.05) is 6.07 Å². The van der Waals surface area contributed by atoms with Crippen LogP contribution in [0.3, 0.4) is 0 Å². The zero-order valence-electron chi connectivity index (χ0n) is 16.6. The van der Waals surface area contributed by atoms with Gasteiger partial charge in [0, 0.05) is 31.1 Å². The Morgan fingerprint density at radius 3 is 2.87 bits per heavy atom. The molecule has 8 nitrogen and oxygen atoms in total. The molecule has 1 unspecified atom stereocenters. The van der Waals surface area contributed by atoms with E-state index in [-0.39, 0.29) is 31.2 Å². The number of rotatable bonds is 6. The number of pyridine rings is 1. The number of piperidine rings is 1. The normalized spacial score (nSPS) is 22.8. The van der Waals surface area contributed by atoms with Crippen molar-refractivity contribution in [2.75, 3.05) is 26.7 Å². The van der Waals surface area contributed by atoms with Crippen LogP contribution in [0.5, 0.6) is 0 Å². The first kappa shape index (κ1) is 19.8. The van der Waals surface area contributed by atoms with Crippen LogP contribution in [0, 0.1) is 0 Å². The van der Waals surface area contributed by atoms with Gasteiger partial charge < -0.3 is 14.5 Å². The van der Waals surface area contributed by atoms with Gasteiger partial charge in [0.05, 0.1) is 23.5 Å². The van der Waals surface area contributed by atoms with E-state index in [0.29, 0.717) is 41.9 Å². The van der Waals surface area contributed by atoms with Gasteiger partial charge in [-0.25, -0.2) is 31.9 Å². The molecule has 1 saturated heterocycles. The molecule has 0 aromatic carbocycles. The minimum atomic E-state index is -3.34. The van der Waals surface area contributed by atoms with Gasteiger partial charge in [-0.3, -0.25) is 0 Å². The first-order valence-electron chi connectivity index (χ1n) is 10.1. The summed E-state index contributed by atoms with van der Waals surface area (Å²) in [4.78, 5) is 13.6. The highest BCUT2D eigenvalue weighted by atomic mass is 32.2. The molecular formula is C19H24F2N6O2S. The predicted octanol–water partition coefficient (Wildman–Crippen LogP) is 2.05. The summed E-state index contributed by atoms with van der Waals surface area (Å²) in [6, 6.07) is 0.768. The molecule has 2 fully saturated rings. The van der Waals surface area contributed by atoms with Crippen molar-refractivity contribution in [1.82, 2.24) is 29.1 Å². The predicted molar refractivity (Wildman–Crippen MR) is 109 cm³/mol. The van der Waals surface area contributed by atoms with Crippen LogP contribution >= 0.6 is 0 Å². The van der Waals surface area contributed by atoms with Gasteiger partial charge in [0.15, 0.2) is 0 Å². The molecule has 0 radical (unpaired) electrons. The molecule has 1 aliphatic heterocycles. The summed E-state index contributed by atoms with van der Waals surface area (Å²) < 4.78 is 58.8. The fraction of sp³-hybridized carbons (Fsp3) is 0.579. The largest absolute Gasteiger partial charge is 0.346 e. The van der Waals surface area contributed by atoms with Crippen molar-refractivity contribution in [1.29, 1.82) is 0 Å². The SMILES string of the molecule is CN1CCC(n2c(CCNS(=O)(=O)C3CC3)nc3cnc4[nH]ccc4c32)C(F)(F)C1. The van der Waals surface area contributed by atoms with Gasteiger partial charge >= 0.3 is 0 Å². The topological polar surface area (TPSA) is 95.9 Å². The van der Waals surface area contributed by atoms with Crippen LogP contribution in [-0.4, -0.2) is 70.7 Å². The lowest BCUT2D eigenvalue weighted by molar-refractivity contribution is -0.0974. The molecule has 0 bridgehead atoms. The number of aromatic amines is 1. The van der Waals surface area contributed by atoms with E-state index in [2.05, 4.69) is 19.7 Å². The van der Waals surface area contributed by atoms with Gasteiger partial charge in [0.1, 0.15) is 23.0 Å². The number of nitrogens with one attached hydrogen (secondary N) is 2. The summed E-state index contributed by atoms with van der Waals surface area (Å²) in [7, 11) is -1.65. The second-order valence-corrected chi connectivity index (χ2v) is 10.4. The third-order valence-electron chi connectivity index (χ3n) is 5.99. The maximum Gasteiger partial charge on any atom is 0.280 e. The van der Waals surface area contributed by atoms with Crippen molar-refractivity contribution in [3.63, 3.8) is 0 Å². The number of hydrogen-bond acceptors (Lipinski definition) is 5. The zero-order valence-corrected chi connectivity index (χ0v) is 17.4. The van der Waals surface area contributed by atoms with E-state index in [4.69, 9.17) is 0 Å². The van der Waals surface area contributed by atoms with Crippen molar-refractivity contribution in [3.05, 3.63) is 24.3 Å². The lowest BCUT2D eigenvalue weighted by atomic mass is 10.00. The molecule has 162 valence electrons. The maximum absolute atomic E-state index is 15.1. The number of hydrogen-bond donors (Lipinski definition) is 2. The fourth-order valence-corrected chi connectivity index (χ4v) is 5.75. The number of nitrogens with zero attached hydrogens (tertiary/aromatic N) is 4. The van der Waals surface area contributed by atoms with E-state index in [1.54, 1.807) is 28.9 Å². The van der Waals surface area contributed by atoms with Crippen LogP contribution in [0.2, 0.25) is 0 Å². The number of aromatic nitrogens is 4. The van der Waals surface area contributed by atoms with Crippen LogP contribution in [-0.2, 0) is 16.4 Å². The molecule has 1 saturated carbocycles. The Balaban J connectivity index is 1.56. The second kappa shape index (κ2) is 6.96. The van der Waals surface area contributed by atoms with Crippen LogP contribution in [0.4, 0.5) is 8.78 Å². The molecule has 1 atom stereocenters. The van der Waals surface area contributed by atoms with Crippen molar-refractivity contribution in [2.24, 2.45) is 0 Å². The molecular weight excluding hydrogens is 414 g/mol. The lowest BCUT2D eigenvalue weighted by Crippen LogP contribution is -2.48. The molecule has 11 heteroatoms. The van der Waals surface area contributed by atoms with E-state index >= 15 is 8.78 Å². The summed E-state index contributed by atoms with van der Waals surface area (Å²) in [6.07, 6.45) is 5.17. The average Bonchev–Trinajstić information content (AvgIpc) is 3.32. The molecule has 3 aromatic rings. The van der Waals surface area contributed by atoms with Gasteiger partial charge in [-0.1, -0.05) is 0 Å². The molecule has 3 aromatic heterocycles. The molecule has 2 N–H and O–H groups in total. The number of halogens is 2. The van der Waals surface area contributed by atoms with Crippen molar-refractivity contribution in [2.45, 2.75) is 42.9 Å². The Hall–Kier alpha value is -2.11. The van der Waals surface area contributed by atoms with E-state index < -0.39 is 22.0 Å². The number of imidazole rings is 1. The van der Waals surface area contributed by atoms with E-state index in [0.717, 1.165) is 5.39 Å². The third kappa shape index (κ3) is 3.38. The zero-order chi connectivity index (χ0) is 21.1. The Labute approximate surface area is 172 Å². The first-order valence-corrected chi connectivity index (χ1v) is 11.7. The van der Waals surface area contributed by atoms with Crippen molar-refractivity contribution >= 4 is 32.1 Å². The maximum atomic E-state index is 15.1. The Kier molecular flexibility index (Phi) is 4.60. The fourth-order valence-electron chi connectivity index (χ4n) is 4.37. The van der Waals surface area contributed by atoms with Gasteiger partial charge in [0.2, 0.25) is 10.0 Å². The summed E-state index contributed by atoms with van der Waals surface area (Å²) in [6.45, 7) is 0.353. The first-order chi connectivity index (χ1) is 14.3. The highest BCUT2D eigenvalue weighted by molar-refractivity contribution is 7.90. The monoisotopic (exact) mass is 438 g/mol. The van der Waals surface area contributed by atoms with Gasteiger partial charge in [-0.05, 0) is 32.4 Å². The van der Waals surface area contributed by atoms with E-state index in [1.165, 1.54) is 0 Å². The summed E-state index contributed by atoms with van der Waals surface area (Å²) in [5.74, 6) is -2.48. The average molecular weight is 439 g/mol. The number of H-pyrrole nitrogens is 1. The van der Waals surface area contributed by atoms with Crippen LogP contribution in [0.1, 0.15) is 31.1 Å². The molecule has 30 heavy (non-hydrogen) atoms. The lowest BCUT2D eigenvalue weighted by Gasteiger charge is -2.38. The molecule has 1 aliphatic carbocycles. The minimum absolute atomic E-state index is 0.129. The van der Waals surface area contributed by atoms with E-state index in [9.17, 15) is 8.42 Å². The number of alkyl halides is 2. The quantitative estimate of drug-likeness (QED) is 0.614. The highest BCUT2D eigenvalue weighted by Gasteiger charge is 2.46. The van der Waals surface area contributed by atoms with Crippen molar-refractivity contribution < 1.29 is 17.2 Å². The molecule has 4 heterocycles. The minimum Gasteiger partial charge on any atom is -0.346 e. The summed E-state index contributed by atoms with van der Waals surface area (Å²) in [5.41, 5.74) is 1.77. The standard InChI is InChI=1S/C19H24F2N6O2S/c1-26-9-6-15(19(20,21)11-26)27-16(5-8-24-30(28,29)12-2-3-12)25-14-10-23-18-13(17(14)27)4-7-22-18/h4,7,10,12,15,24H,2-3,5-6,8-9,11H2,1H3,(H,22,23). The van der Waals surface area contributed by atoms with Crippen molar-refractivity contribution in [3.8, 4) is 0 Å². The molecule has 0 amide bonds. The van der Waals surface area contributed by atoms with Crippen LogP contribution in [0.15, 0.2) is 18.5 Å². The summed E-state index contributed by atoms with van der Waals surface area (Å²) in [5, 5.41) is 0.415. The highest BCUT2D eigenvalue weighted by Crippen LogP contribution is 2.40. The van der Waals surface area contributed by atoms with Gasteiger partial charge in [0.25, 0.3) is 5.92 Å². The smallest absolute Gasteiger partial charge is 0.280 e. The molecule has 5 rings (SSSR count). The third-order valence-corrected chi connectivity index (χ3v) is 7.94. The Bertz CT molecular complexity index is 1200. The van der Waals surface area contributed by atoms with Crippen LogP contribution < -0.4 is 4.72 Å². The Morgan fingerprint density at radius 1 is 1.33 bits per heavy atom.